The van der Waals surface area contributed by atoms with Crippen LogP contribution in [0.3, 0.4) is 0 Å². The number of aromatic nitrogens is 3. The lowest BCUT2D eigenvalue weighted by atomic mass is 9.88. The molecular weight excluding hydrogens is 261 g/mol. The van der Waals surface area contributed by atoms with Crippen LogP contribution in [0.15, 0.2) is 54.8 Å². The summed E-state index contributed by atoms with van der Waals surface area (Å²) in [5.41, 5.74) is 2.27. The van der Waals surface area contributed by atoms with Gasteiger partial charge in [0.2, 0.25) is 0 Å². The summed E-state index contributed by atoms with van der Waals surface area (Å²) in [4.78, 5) is 8.07. The first-order valence-corrected chi connectivity index (χ1v) is 6.20. The van der Waals surface area contributed by atoms with Crippen LogP contribution in [0.4, 0.5) is 8.63 Å². The molecular formula is C13H9BF2N4. The van der Waals surface area contributed by atoms with Crippen molar-refractivity contribution in [3.05, 3.63) is 66.2 Å². The van der Waals surface area contributed by atoms with E-state index in [2.05, 4.69) is 9.97 Å². The van der Waals surface area contributed by atoms with Crippen LogP contribution in [0.5, 0.6) is 0 Å². The minimum atomic E-state index is -3.84. The van der Waals surface area contributed by atoms with Gasteiger partial charge in [0, 0.05) is 24.0 Å². The van der Waals surface area contributed by atoms with Gasteiger partial charge in [-0.25, -0.2) is 9.97 Å². The first-order chi connectivity index (χ1) is 9.69. The summed E-state index contributed by atoms with van der Waals surface area (Å²) in [6.07, 6.45) is 9.13. The van der Waals surface area contributed by atoms with E-state index in [0.717, 1.165) is 8.96 Å². The van der Waals surface area contributed by atoms with Crippen LogP contribution in [0.25, 0.3) is 5.57 Å². The summed E-state index contributed by atoms with van der Waals surface area (Å²) in [5.74, 6) is 0. The van der Waals surface area contributed by atoms with Crippen molar-refractivity contribution in [3.8, 4) is 0 Å². The van der Waals surface area contributed by atoms with Crippen molar-refractivity contribution in [1.82, 2.24) is 14.4 Å². The van der Waals surface area contributed by atoms with Crippen molar-refractivity contribution in [2.45, 2.75) is 0 Å². The Bertz CT molecular complexity index is 790. The Morgan fingerprint density at radius 1 is 1.25 bits per heavy atom. The topological polar surface area (TPSA) is 33.7 Å². The standard InChI is InChI=1S/C13H9BF2N4/c15-14(16)19-7-1-3-11(19)13(10-5-6-17-9-18-10)12-4-2-8-20(12)14/h1-9H. The van der Waals surface area contributed by atoms with Crippen molar-refractivity contribution < 1.29 is 13.1 Å². The smallest absolute Gasteiger partial charge is 0.396 e. The fraction of sp³-hybridized carbons (Fsp3) is 0. The zero-order valence-corrected chi connectivity index (χ0v) is 10.3. The maximum atomic E-state index is 14.5. The molecule has 7 heteroatoms. The van der Waals surface area contributed by atoms with Gasteiger partial charge in [-0.15, -0.1) is 0 Å². The summed E-state index contributed by atoms with van der Waals surface area (Å²) in [7, 11) is 0. The van der Waals surface area contributed by atoms with E-state index in [1.54, 1.807) is 36.5 Å². The third-order valence-corrected chi connectivity index (χ3v) is 3.58. The fourth-order valence-electron chi connectivity index (χ4n) is 2.72. The lowest BCUT2D eigenvalue weighted by molar-refractivity contribution is -0.356. The number of fused-ring (bicyclic) bond motifs is 2. The van der Waals surface area contributed by atoms with Crippen LogP contribution in [-0.2, 0) is 0 Å². The SMILES string of the molecule is F[B-]1(F)n2cccc2C(c2ccncn2)=C2C=CC=[N+]21. The van der Waals surface area contributed by atoms with E-state index in [1.807, 2.05) is 0 Å². The van der Waals surface area contributed by atoms with E-state index >= 15 is 0 Å². The first-order valence-electron chi connectivity index (χ1n) is 6.20. The first kappa shape index (κ1) is 11.3. The molecule has 0 amide bonds. The number of halogens is 2. The summed E-state index contributed by atoms with van der Waals surface area (Å²) in [6, 6.07) is 5.03. The van der Waals surface area contributed by atoms with Gasteiger partial charge in [0.05, 0.1) is 11.3 Å². The monoisotopic (exact) mass is 270 g/mol. The van der Waals surface area contributed by atoms with E-state index < -0.39 is 6.97 Å². The van der Waals surface area contributed by atoms with Gasteiger partial charge in [-0.05, 0) is 24.4 Å². The average molecular weight is 270 g/mol. The van der Waals surface area contributed by atoms with Crippen LogP contribution in [0.1, 0.15) is 11.4 Å². The molecule has 0 radical (unpaired) electrons. The molecule has 98 valence electrons. The van der Waals surface area contributed by atoms with Crippen LogP contribution in [-0.4, -0.2) is 32.1 Å². The van der Waals surface area contributed by atoms with Gasteiger partial charge < -0.3 is 17.6 Å². The molecule has 0 N–H and O–H groups in total. The average Bonchev–Trinajstić information content (AvgIpc) is 3.09. The Morgan fingerprint density at radius 2 is 2.15 bits per heavy atom. The Morgan fingerprint density at radius 3 is 2.95 bits per heavy atom. The second-order valence-electron chi connectivity index (χ2n) is 4.66. The lowest BCUT2D eigenvalue weighted by Gasteiger charge is -2.30. The highest BCUT2D eigenvalue weighted by Gasteiger charge is 2.51. The van der Waals surface area contributed by atoms with Crippen LogP contribution >= 0.6 is 0 Å². The summed E-state index contributed by atoms with van der Waals surface area (Å²) in [6.45, 7) is -3.84. The quantitative estimate of drug-likeness (QED) is 0.742. The van der Waals surface area contributed by atoms with Gasteiger partial charge in [-0.3, -0.25) is 0 Å². The number of allylic oxidation sites excluding steroid dienone is 2. The largest absolute Gasteiger partial charge is 0.737 e. The molecule has 0 aliphatic carbocycles. The molecule has 4 rings (SSSR count). The molecule has 0 saturated heterocycles. The maximum Gasteiger partial charge on any atom is 0.737 e. The normalized spacial score (nSPS) is 18.8. The third-order valence-electron chi connectivity index (χ3n) is 3.58. The number of nitrogens with zero attached hydrogens (tertiary/aromatic N) is 4. The van der Waals surface area contributed by atoms with Crippen molar-refractivity contribution >= 4 is 18.8 Å². The van der Waals surface area contributed by atoms with E-state index in [-0.39, 0.29) is 0 Å². The highest BCUT2D eigenvalue weighted by atomic mass is 19.2. The van der Waals surface area contributed by atoms with Crippen molar-refractivity contribution in [1.29, 1.82) is 0 Å². The van der Waals surface area contributed by atoms with Gasteiger partial charge in [-0.2, -0.15) is 0 Å². The van der Waals surface area contributed by atoms with Crippen LogP contribution in [0, 0.1) is 0 Å². The van der Waals surface area contributed by atoms with E-state index in [0.29, 0.717) is 22.7 Å². The third kappa shape index (κ3) is 1.32. The van der Waals surface area contributed by atoms with Crippen molar-refractivity contribution in [3.63, 3.8) is 0 Å². The Kier molecular flexibility index (Phi) is 2.10. The molecule has 0 spiro atoms. The van der Waals surface area contributed by atoms with Gasteiger partial charge in [0.15, 0.2) is 5.70 Å². The fourth-order valence-corrected chi connectivity index (χ4v) is 2.72. The van der Waals surface area contributed by atoms with Crippen LogP contribution in [0.2, 0.25) is 0 Å². The predicted molar refractivity (Wildman–Crippen MR) is 71.3 cm³/mol. The van der Waals surface area contributed by atoms with E-state index in [4.69, 9.17) is 0 Å². The molecule has 4 nitrogen and oxygen atoms in total. The molecule has 0 fully saturated rings. The molecule has 0 bridgehead atoms. The van der Waals surface area contributed by atoms with E-state index in [9.17, 15) is 8.63 Å². The van der Waals surface area contributed by atoms with Crippen LogP contribution < -0.4 is 0 Å². The Hall–Kier alpha value is -2.57. The summed E-state index contributed by atoms with van der Waals surface area (Å²) in [5, 5.41) is 0. The predicted octanol–water partition coefficient (Wildman–Crippen LogP) is 1.93. The molecule has 2 aromatic rings. The van der Waals surface area contributed by atoms with Gasteiger partial charge in [-0.1, -0.05) is 0 Å². The lowest BCUT2D eigenvalue weighted by Crippen LogP contribution is -2.49. The number of rotatable bonds is 1. The molecule has 2 aromatic heterocycles. The minimum Gasteiger partial charge on any atom is -0.396 e. The van der Waals surface area contributed by atoms with E-state index in [1.165, 1.54) is 18.7 Å². The molecule has 20 heavy (non-hydrogen) atoms. The van der Waals surface area contributed by atoms with Gasteiger partial charge in [0.1, 0.15) is 12.5 Å². The molecule has 0 unspecified atom stereocenters. The molecule has 2 aliphatic rings. The Balaban J connectivity index is 2.07. The molecule has 0 saturated carbocycles. The highest BCUT2D eigenvalue weighted by molar-refractivity contribution is 6.57. The number of hydrogen-bond donors (Lipinski definition) is 0. The van der Waals surface area contributed by atoms with Crippen molar-refractivity contribution in [2.24, 2.45) is 0 Å². The highest BCUT2D eigenvalue weighted by Crippen LogP contribution is 2.37. The maximum absolute atomic E-state index is 14.5. The molecule has 0 aromatic carbocycles. The van der Waals surface area contributed by atoms with Gasteiger partial charge >= 0.3 is 6.97 Å². The molecule has 0 atom stereocenters. The minimum absolute atomic E-state index is 0.472. The second-order valence-corrected chi connectivity index (χ2v) is 4.66. The van der Waals surface area contributed by atoms with Crippen molar-refractivity contribution in [2.75, 3.05) is 0 Å². The zero-order valence-electron chi connectivity index (χ0n) is 10.3. The Labute approximate surface area is 113 Å². The second kappa shape index (κ2) is 3.72. The summed E-state index contributed by atoms with van der Waals surface area (Å²) < 4.78 is 31.0. The molecule has 4 heterocycles. The van der Waals surface area contributed by atoms with Gasteiger partial charge in [0.25, 0.3) is 0 Å². The molecule has 2 aliphatic heterocycles. The number of hydrogen-bond acceptors (Lipinski definition) is 2. The summed E-state index contributed by atoms with van der Waals surface area (Å²) >= 11 is 0. The zero-order chi connectivity index (χ0) is 13.7.